The van der Waals surface area contributed by atoms with Crippen LogP contribution in [0.25, 0.3) is 0 Å². The summed E-state index contributed by atoms with van der Waals surface area (Å²) >= 11 is 0. The van der Waals surface area contributed by atoms with Crippen molar-refractivity contribution >= 4 is 11.9 Å². The van der Waals surface area contributed by atoms with Crippen molar-refractivity contribution in [1.82, 2.24) is 10.6 Å². The molecule has 3 N–H and O–H groups in total. The van der Waals surface area contributed by atoms with Crippen molar-refractivity contribution in [3.63, 3.8) is 0 Å². The van der Waals surface area contributed by atoms with Gasteiger partial charge in [0.1, 0.15) is 6.04 Å². The quantitative estimate of drug-likeness (QED) is 0.709. The summed E-state index contributed by atoms with van der Waals surface area (Å²) in [5, 5.41) is 4.77. The summed E-state index contributed by atoms with van der Waals surface area (Å²) < 4.78 is 11.0. The fourth-order valence-electron chi connectivity index (χ4n) is 3.77. The Labute approximate surface area is 164 Å². The summed E-state index contributed by atoms with van der Waals surface area (Å²) in [5.74, 6) is 1.06. The second-order valence-corrected chi connectivity index (χ2v) is 6.71. The molecule has 2 aromatic carbocycles. The van der Waals surface area contributed by atoms with Crippen LogP contribution in [0.2, 0.25) is 0 Å². The SMILES string of the molecule is CNC(=O)NC(=O)C[NH+]1CCc2cc(OC)c(OC)cc2[C@@H]1c1ccccc1. The maximum Gasteiger partial charge on any atom is 0.321 e. The zero-order valence-electron chi connectivity index (χ0n) is 16.4. The van der Waals surface area contributed by atoms with Gasteiger partial charge >= 0.3 is 6.03 Å². The van der Waals surface area contributed by atoms with Crippen LogP contribution >= 0.6 is 0 Å². The number of benzene rings is 2. The highest BCUT2D eigenvalue weighted by molar-refractivity contribution is 5.94. The largest absolute Gasteiger partial charge is 0.493 e. The van der Waals surface area contributed by atoms with E-state index in [2.05, 4.69) is 22.8 Å². The summed E-state index contributed by atoms with van der Waals surface area (Å²) in [5.41, 5.74) is 3.40. The van der Waals surface area contributed by atoms with Crippen molar-refractivity contribution in [2.45, 2.75) is 12.5 Å². The van der Waals surface area contributed by atoms with Crippen LogP contribution < -0.4 is 25.0 Å². The third-order valence-corrected chi connectivity index (χ3v) is 5.08. The Morgan fingerprint density at radius 1 is 1.11 bits per heavy atom. The first kappa shape index (κ1) is 19.7. The first-order chi connectivity index (χ1) is 13.6. The summed E-state index contributed by atoms with van der Waals surface area (Å²) in [6.07, 6.45) is 0.807. The molecule has 28 heavy (non-hydrogen) atoms. The minimum Gasteiger partial charge on any atom is -0.493 e. The summed E-state index contributed by atoms with van der Waals surface area (Å²) in [6, 6.07) is 13.6. The lowest BCUT2D eigenvalue weighted by Crippen LogP contribution is -3.14. The molecule has 148 valence electrons. The molecule has 3 amide bonds. The molecule has 1 unspecified atom stereocenters. The third kappa shape index (κ3) is 4.09. The number of methoxy groups -OCH3 is 2. The highest BCUT2D eigenvalue weighted by Crippen LogP contribution is 2.35. The van der Waals surface area contributed by atoms with Crippen molar-refractivity contribution in [2.75, 3.05) is 34.4 Å². The normalized spacial score (nSPS) is 18.0. The Bertz CT molecular complexity index is 854. The van der Waals surface area contributed by atoms with Crippen LogP contribution in [0.5, 0.6) is 11.5 Å². The van der Waals surface area contributed by atoms with E-state index in [9.17, 15) is 9.59 Å². The van der Waals surface area contributed by atoms with Gasteiger partial charge in [0.15, 0.2) is 18.0 Å². The number of imide groups is 1. The van der Waals surface area contributed by atoms with E-state index < -0.39 is 6.03 Å². The van der Waals surface area contributed by atoms with Crippen molar-refractivity contribution < 1.29 is 24.0 Å². The number of fused-ring (bicyclic) bond motifs is 1. The highest BCUT2D eigenvalue weighted by Gasteiger charge is 2.35. The molecular formula is C21H26N3O4+. The lowest BCUT2D eigenvalue weighted by Gasteiger charge is -2.34. The standard InChI is InChI=1S/C21H25N3O4/c1-22-21(26)23-19(25)13-24-10-9-15-11-17(27-2)18(28-3)12-16(15)20(24)14-7-5-4-6-8-14/h4-8,11-12,20H,9-10,13H2,1-3H3,(H2,22,23,25,26)/p+1/t20-/m0/s1. The van der Waals surface area contributed by atoms with E-state index >= 15 is 0 Å². The lowest BCUT2D eigenvalue weighted by molar-refractivity contribution is -0.920. The van der Waals surface area contributed by atoms with Crippen LogP contribution in [-0.4, -0.2) is 46.3 Å². The number of quaternary nitrogens is 1. The molecule has 1 aliphatic rings. The van der Waals surface area contributed by atoms with Crippen LogP contribution in [0, 0.1) is 0 Å². The molecule has 0 radical (unpaired) electrons. The van der Waals surface area contributed by atoms with E-state index in [4.69, 9.17) is 9.47 Å². The van der Waals surface area contributed by atoms with Gasteiger partial charge in [-0.15, -0.1) is 0 Å². The molecule has 0 spiro atoms. The van der Waals surface area contributed by atoms with Crippen LogP contribution in [0.4, 0.5) is 4.79 Å². The van der Waals surface area contributed by atoms with Gasteiger partial charge in [-0.1, -0.05) is 30.3 Å². The van der Waals surface area contributed by atoms with E-state index in [0.29, 0.717) is 11.5 Å². The maximum atomic E-state index is 12.4. The Hall–Kier alpha value is -3.06. The molecule has 0 saturated carbocycles. The van der Waals surface area contributed by atoms with Gasteiger partial charge in [0.2, 0.25) is 0 Å². The number of nitrogens with one attached hydrogen (secondary N) is 3. The molecule has 0 aliphatic carbocycles. The number of ether oxygens (including phenoxy) is 2. The number of carbonyl (C=O) groups is 2. The summed E-state index contributed by atoms with van der Waals surface area (Å²) in [4.78, 5) is 24.9. The predicted molar refractivity (Wildman–Crippen MR) is 105 cm³/mol. The summed E-state index contributed by atoms with van der Waals surface area (Å²) in [7, 11) is 4.73. The molecule has 1 heterocycles. The van der Waals surface area contributed by atoms with E-state index in [1.54, 1.807) is 14.2 Å². The molecule has 0 bridgehead atoms. The fraction of sp³-hybridized carbons (Fsp3) is 0.333. The van der Waals surface area contributed by atoms with Gasteiger partial charge in [0.05, 0.1) is 20.8 Å². The fourth-order valence-corrected chi connectivity index (χ4v) is 3.77. The average Bonchev–Trinajstić information content (AvgIpc) is 2.72. The molecule has 2 atom stereocenters. The smallest absolute Gasteiger partial charge is 0.321 e. The average molecular weight is 384 g/mol. The van der Waals surface area contributed by atoms with Gasteiger partial charge in [-0.3, -0.25) is 10.1 Å². The van der Waals surface area contributed by atoms with Crippen molar-refractivity contribution in [1.29, 1.82) is 0 Å². The minimum absolute atomic E-state index is 0.0415. The molecule has 0 fully saturated rings. The Morgan fingerprint density at radius 3 is 2.43 bits per heavy atom. The third-order valence-electron chi connectivity index (χ3n) is 5.08. The van der Waals surface area contributed by atoms with Gasteiger partial charge in [-0.05, 0) is 17.7 Å². The molecule has 0 saturated heterocycles. The first-order valence-corrected chi connectivity index (χ1v) is 9.23. The predicted octanol–water partition coefficient (Wildman–Crippen LogP) is 0.690. The van der Waals surface area contributed by atoms with Gasteiger partial charge in [0, 0.05) is 24.6 Å². The molecule has 7 heteroatoms. The minimum atomic E-state index is -0.496. The van der Waals surface area contributed by atoms with E-state index in [1.165, 1.54) is 12.6 Å². The molecule has 1 aliphatic heterocycles. The molecule has 7 nitrogen and oxygen atoms in total. The number of amides is 3. The van der Waals surface area contributed by atoms with Gasteiger partial charge in [0.25, 0.3) is 5.91 Å². The molecule has 3 rings (SSSR count). The van der Waals surface area contributed by atoms with Crippen molar-refractivity contribution in [2.24, 2.45) is 0 Å². The molecule has 2 aromatic rings. The molecular weight excluding hydrogens is 358 g/mol. The number of rotatable bonds is 5. The lowest BCUT2D eigenvalue weighted by atomic mass is 9.87. The highest BCUT2D eigenvalue weighted by atomic mass is 16.5. The second kappa shape index (κ2) is 8.75. The van der Waals surface area contributed by atoms with Crippen LogP contribution in [-0.2, 0) is 11.2 Å². The Kier molecular flexibility index (Phi) is 6.16. The van der Waals surface area contributed by atoms with Gasteiger partial charge in [-0.25, -0.2) is 4.79 Å². The maximum absolute atomic E-state index is 12.4. The Balaban J connectivity index is 1.99. The number of urea groups is 1. The number of hydrogen-bond acceptors (Lipinski definition) is 4. The van der Waals surface area contributed by atoms with Crippen LogP contribution in [0.3, 0.4) is 0 Å². The van der Waals surface area contributed by atoms with Gasteiger partial charge in [-0.2, -0.15) is 0 Å². The van der Waals surface area contributed by atoms with Crippen LogP contribution in [0.1, 0.15) is 22.7 Å². The van der Waals surface area contributed by atoms with E-state index in [-0.39, 0.29) is 18.5 Å². The monoisotopic (exact) mass is 384 g/mol. The van der Waals surface area contributed by atoms with Crippen LogP contribution in [0.15, 0.2) is 42.5 Å². The number of carbonyl (C=O) groups excluding carboxylic acids is 2. The first-order valence-electron chi connectivity index (χ1n) is 9.23. The summed E-state index contributed by atoms with van der Waals surface area (Å²) in [6.45, 7) is 0.962. The zero-order valence-corrected chi connectivity index (χ0v) is 16.4. The Morgan fingerprint density at radius 2 is 1.79 bits per heavy atom. The topological polar surface area (TPSA) is 81.1 Å². The number of hydrogen-bond donors (Lipinski definition) is 3. The zero-order chi connectivity index (χ0) is 20.1. The van der Waals surface area contributed by atoms with E-state index in [1.807, 2.05) is 30.3 Å². The second-order valence-electron chi connectivity index (χ2n) is 6.71. The van der Waals surface area contributed by atoms with Crippen molar-refractivity contribution in [3.05, 3.63) is 59.2 Å². The molecule has 0 aromatic heterocycles. The van der Waals surface area contributed by atoms with Gasteiger partial charge < -0.3 is 19.7 Å². The van der Waals surface area contributed by atoms with Crippen molar-refractivity contribution in [3.8, 4) is 11.5 Å². The van der Waals surface area contributed by atoms with E-state index in [0.717, 1.165) is 29.0 Å².